The molecule has 0 bridgehead atoms. The zero-order chi connectivity index (χ0) is 13.7. The highest BCUT2D eigenvalue weighted by Crippen LogP contribution is 2.07. The van der Waals surface area contributed by atoms with E-state index in [4.69, 9.17) is 5.73 Å². The van der Waals surface area contributed by atoms with Gasteiger partial charge in [0, 0.05) is 13.2 Å². The second kappa shape index (κ2) is 7.75. The summed E-state index contributed by atoms with van der Waals surface area (Å²) < 4.78 is 1.44. The Morgan fingerprint density at radius 3 is 2.63 bits per heavy atom. The van der Waals surface area contributed by atoms with Crippen molar-refractivity contribution in [3.63, 3.8) is 0 Å². The Morgan fingerprint density at radius 1 is 1.47 bits per heavy atom. The number of likely N-dealkylation sites (N-methyl/N-ethyl adjacent to an activating group) is 1. The SMILES string of the molecule is CNC(=O)Cn1cc(NC(=O)[C@@H](N)C(C)C)cn1.Cl. The highest BCUT2D eigenvalue weighted by Gasteiger charge is 2.17. The minimum Gasteiger partial charge on any atom is -0.358 e. The maximum Gasteiger partial charge on any atom is 0.241 e. The number of halogens is 1. The van der Waals surface area contributed by atoms with E-state index < -0.39 is 6.04 Å². The number of anilines is 1. The van der Waals surface area contributed by atoms with Crippen molar-refractivity contribution in [1.29, 1.82) is 0 Å². The highest BCUT2D eigenvalue weighted by molar-refractivity contribution is 5.94. The van der Waals surface area contributed by atoms with Gasteiger partial charge in [-0.05, 0) is 5.92 Å². The van der Waals surface area contributed by atoms with Crippen LogP contribution in [0.15, 0.2) is 12.4 Å². The molecule has 0 unspecified atom stereocenters. The fraction of sp³-hybridized carbons (Fsp3) is 0.545. The van der Waals surface area contributed by atoms with Gasteiger partial charge < -0.3 is 16.4 Å². The number of nitrogens with one attached hydrogen (secondary N) is 2. The first-order chi connectivity index (χ1) is 8.43. The Labute approximate surface area is 118 Å². The molecule has 19 heavy (non-hydrogen) atoms. The van der Waals surface area contributed by atoms with Crippen molar-refractivity contribution >= 4 is 29.9 Å². The highest BCUT2D eigenvalue weighted by atomic mass is 35.5. The van der Waals surface area contributed by atoms with Crippen molar-refractivity contribution in [1.82, 2.24) is 15.1 Å². The molecule has 0 radical (unpaired) electrons. The zero-order valence-corrected chi connectivity index (χ0v) is 12.0. The molecule has 1 aromatic heterocycles. The first-order valence-electron chi connectivity index (χ1n) is 5.73. The molecule has 1 rings (SSSR count). The summed E-state index contributed by atoms with van der Waals surface area (Å²) in [6.45, 7) is 3.86. The number of aromatic nitrogens is 2. The van der Waals surface area contributed by atoms with Gasteiger partial charge in [0.1, 0.15) is 6.54 Å². The number of nitrogens with zero attached hydrogens (tertiary/aromatic N) is 2. The lowest BCUT2D eigenvalue weighted by molar-refractivity contribution is -0.121. The Morgan fingerprint density at radius 2 is 2.11 bits per heavy atom. The molecule has 2 amide bonds. The normalized spacial score (nSPS) is 11.6. The summed E-state index contributed by atoms with van der Waals surface area (Å²) >= 11 is 0. The second-order valence-corrected chi connectivity index (χ2v) is 4.36. The van der Waals surface area contributed by atoms with Crippen LogP contribution in [0.4, 0.5) is 5.69 Å². The lowest BCUT2D eigenvalue weighted by atomic mass is 10.1. The second-order valence-electron chi connectivity index (χ2n) is 4.36. The minimum absolute atomic E-state index is 0. The van der Waals surface area contributed by atoms with Gasteiger partial charge in [0.25, 0.3) is 0 Å². The van der Waals surface area contributed by atoms with Crippen molar-refractivity contribution in [2.45, 2.75) is 26.4 Å². The number of hydrogen-bond donors (Lipinski definition) is 3. The van der Waals surface area contributed by atoms with Crippen molar-refractivity contribution in [2.24, 2.45) is 11.7 Å². The summed E-state index contributed by atoms with van der Waals surface area (Å²) in [5.74, 6) is -0.356. The molecule has 4 N–H and O–H groups in total. The lowest BCUT2D eigenvalue weighted by Crippen LogP contribution is -2.39. The van der Waals surface area contributed by atoms with E-state index in [9.17, 15) is 9.59 Å². The number of rotatable bonds is 5. The third-order valence-corrected chi connectivity index (χ3v) is 2.51. The number of hydrogen-bond acceptors (Lipinski definition) is 4. The molecule has 7 nitrogen and oxygen atoms in total. The molecular weight excluding hydrogens is 270 g/mol. The largest absolute Gasteiger partial charge is 0.358 e. The van der Waals surface area contributed by atoms with Crippen LogP contribution in [0.25, 0.3) is 0 Å². The third kappa shape index (κ3) is 5.27. The summed E-state index contributed by atoms with van der Waals surface area (Å²) in [7, 11) is 1.55. The molecule has 0 spiro atoms. The number of amides is 2. The molecule has 1 heterocycles. The number of carbonyl (C=O) groups excluding carboxylic acids is 2. The van der Waals surface area contributed by atoms with Crippen LogP contribution >= 0.6 is 12.4 Å². The monoisotopic (exact) mass is 289 g/mol. The summed E-state index contributed by atoms with van der Waals surface area (Å²) in [5, 5.41) is 9.11. The number of nitrogens with two attached hydrogens (primary N) is 1. The molecular formula is C11H20ClN5O2. The van der Waals surface area contributed by atoms with Crippen LogP contribution in [0.1, 0.15) is 13.8 Å². The molecule has 0 aliphatic heterocycles. The van der Waals surface area contributed by atoms with Crippen LogP contribution in [0, 0.1) is 5.92 Å². The fourth-order valence-corrected chi connectivity index (χ4v) is 1.27. The minimum atomic E-state index is -0.563. The van der Waals surface area contributed by atoms with Crippen molar-refractivity contribution in [3.8, 4) is 0 Å². The van der Waals surface area contributed by atoms with E-state index in [2.05, 4.69) is 15.7 Å². The molecule has 0 aliphatic carbocycles. The summed E-state index contributed by atoms with van der Waals surface area (Å²) in [6, 6.07) is -0.563. The molecule has 0 saturated carbocycles. The van der Waals surface area contributed by atoms with Crippen molar-refractivity contribution in [3.05, 3.63) is 12.4 Å². The molecule has 1 atom stereocenters. The maximum atomic E-state index is 11.7. The molecule has 108 valence electrons. The Hall–Kier alpha value is -1.60. The first kappa shape index (κ1) is 17.4. The topological polar surface area (TPSA) is 102 Å². The first-order valence-corrected chi connectivity index (χ1v) is 5.73. The van der Waals surface area contributed by atoms with Gasteiger partial charge >= 0.3 is 0 Å². The fourth-order valence-electron chi connectivity index (χ4n) is 1.27. The average molecular weight is 290 g/mol. The molecule has 8 heteroatoms. The van der Waals surface area contributed by atoms with Crippen molar-refractivity contribution in [2.75, 3.05) is 12.4 Å². The van der Waals surface area contributed by atoms with E-state index in [1.807, 2.05) is 13.8 Å². The van der Waals surface area contributed by atoms with E-state index in [0.29, 0.717) is 5.69 Å². The van der Waals surface area contributed by atoms with Gasteiger partial charge in [-0.25, -0.2) is 0 Å². The Bertz CT molecular complexity index is 432. The van der Waals surface area contributed by atoms with Crippen LogP contribution in [0.3, 0.4) is 0 Å². The van der Waals surface area contributed by atoms with Gasteiger partial charge in [-0.3, -0.25) is 14.3 Å². The van der Waals surface area contributed by atoms with Gasteiger partial charge in [0.2, 0.25) is 11.8 Å². The standard InChI is InChI=1S/C11H19N5O2.ClH/c1-7(2)10(12)11(18)15-8-4-14-16(5-8)6-9(17)13-3;/h4-5,7,10H,6,12H2,1-3H3,(H,13,17)(H,15,18);1H/t10-;/m0./s1. The van der Waals surface area contributed by atoms with E-state index in [-0.39, 0.29) is 36.7 Å². The summed E-state index contributed by atoms with van der Waals surface area (Å²) in [5.41, 5.74) is 6.24. The maximum absolute atomic E-state index is 11.7. The smallest absolute Gasteiger partial charge is 0.241 e. The number of carbonyl (C=O) groups is 2. The molecule has 0 aliphatic rings. The summed E-state index contributed by atoms with van der Waals surface area (Å²) in [6.07, 6.45) is 3.06. The molecule has 0 aromatic carbocycles. The van der Waals surface area contributed by atoms with Gasteiger partial charge in [0.15, 0.2) is 0 Å². The lowest BCUT2D eigenvalue weighted by Gasteiger charge is -2.14. The van der Waals surface area contributed by atoms with Gasteiger partial charge in [-0.15, -0.1) is 12.4 Å². The molecule has 0 saturated heterocycles. The summed E-state index contributed by atoms with van der Waals surface area (Å²) in [4.78, 5) is 22.8. The van der Waals surface area contributed by atoms with Gasteiger partial charge in [-0.2, -0.15) is 5.10 Å². The zero-order valence-electron chi connectivity index (χ0n) is 11.2. The Kier molecular flexibility index (Phi) is 7.10. The van der Waals surface area contributed by atoms with Crippen LogP contribution in [-0.4, -0.2) is 34.7 Å². The molecule has 0 fully saturated rings. The van der Waals surface area contributed by atoms with Crippen LogP contribution in [0.5, 0.6) is 0 Å². The average Bonchev–Trinajstić information content (AvgIpc) is 2.74. The van der Waals surface area contributed by atoms with E-state index in [1.54, 1.807) is 13.2 Å². The van der Waals surface area contributed by atoms with Crippen molar-refractivity contribution < 1.29 is 9.59 Å². The predicted molar refractivity (Wildman–Crippen MR) is 75.0 cm³/mol. The Balaban J connectivity index is 0.00000324. The molecule has 1 aromatic rings. The van der Waals surface area contributed by atoms with E-state index in [1.165, 1.54) is 10.9 Å². The van der Waals surface area contributed by atoms with E-state index in [0.717, 1.165) is 0 Å². The third-order valence-electron chi connectivity index (χ3n) is 2.51. The van der Waals surface area contributed by atoms with E-state index >= 15 is 0 Å². The van der Waals surface area contributed by atoms with Crippen LogP contribution in [0.2, 0.25) is 0 Å². The van der Waals surface area contributed by atoms with Gasteiger partial charge in [-0.1, -0.05) is 13.8 Å². The van der Waals surface area contributed by atoms with Crippen LogP contribution in [-0.2, 0) is 16.1 Å². The van der Waals surface area contributed by atoms with Gasteiger partial charge in [0.05, 0.1) is 17.9 Å². The quantitative estimate of drug-likeness (QED) is 0.708. The van der Waals surface area contributed by atoms with Crippen LogP contribution < -0.4 is 16.4 Å². The predicted octanol–water partition coefficient (Wildman–Crippen LogP) is -0.0273.